The van der Waals surface area contributed by atoms with E-state index in [2.05, 4.69) is 15.3 Å². The van der Waals surface area contributed by atoms with Crippen molar-refractivity contribution in [2.45, 2.75) is 13.5 Å². The van der Waals surface area contributed by atoms with Crippen molar-refractivity contribution in [1.29, 1.82) is 0 Å². The third-order valence-corrected chi connectivity index (χ3v) is 2.87. The molecule has 4 nitrogen and oxygen atoms in total. The van der Waals surface area contributed by atoms with Crippen LogP contribution < -0.4 is 10.1 Å². The van der Waals surface area contributed by atoms with Crippen LogP contribution in [0.2, 0.25) is 0 Å². The summed E-state index contributed by atoms with van der Waals surface area (Å²) in [5.74, 6) is 1.41. The molecule has 0 unspecified atom stereocenters. The molecule has 0 aliphatic heterocycles. The maximum absolute atomic E-state index is 5.05. The molecule has 2 aromatic heterocycles. The van der Waals surface area contributed by atoms with Gasteiger partial charge in [-0.25, -0.2) is 4.98 Å². The van der Waals surface area contributed by atoms with E-state index < -0.39 is 0 Å². The second-order valence-electron chi connectivity index (χ2n) is 3.28. The lowest BCUT2D eigenvalue weighted by Gasteiger charge is -2.04. The first-order valence-electron chi connectivity index (χ1n) is 4.94. The standard InChI is InChI=1S/C11H13N3OS/c1-8-13-9(7-16-8)6-12-10-4-3-5-11(14-10)15-2/h3-5,7H,6H2,1-2H3,(H,12,14). The van der Waals surface area contributed by atoms with E-state index in [0.717, 1.165) is 16.5 Å². The molecule has 2 heterocycles. The number of pyridine rings is 1. The Labute approximate surface area is 98.3 Å². The molecule has 2 aromatic rings. The summed E-state index contributed by atoms with van der Waals surface area (Å²) in [6, 6.07) is 5.63. The summed E-state index contributed by atoms with van der Waals surface area (Å²) in [6.07, 6.45) is 0. The SMILES string of the molecule is COc1cccc(NCc2csc(C)n2)n1. The molecular weight excluding hydrogens is 222 g/mol. The minimum atomic E-state index is 0.611. The largest absolute Gasteiger partial charge is 0.481 e. The Bertz CT molecular complexity index is 470. The second-order valence-corrected chi connectivity index (χ2v) is 4.34. The van der Waals surface area contributed by atoms with Gasteiger partial charge in [-0.1, -0.05) is 6.07 Å². The Morgan fingerprint density at radius 1 is 1.38 bits per heavy atom. The van der Waals surface area contributed by atoms with Gasteiger partial charge in [0.1, 0.15) is 5.82 Å². The van der Waals surface area contributed by atoms with Crippen LogP contribution in [-0.4, -0.2) is 17.1 Å². The van der Waals surface area contributed by atoms with Gasteiger partial charge in [0, 0.05) is 11.4 Å². The summed E-state index contributed by atoms with van der Waals surface area (Å²) in [7, 11) is 1.61. The third-order valence-electron chi connectivity index (χ3n) is 2.05. The minimum absolute atomic E-state index is 0.611. The number of hydrogen-bond donors (Lipinski definition) is 1. The van der Waals surface area contributed by atoms with Gasteiger partial charge in [0.15, 0.2) is 0 Å². The molecule has 16 heavy (non-hydrogen) atoms. The van der Waals surface area contributed by atoms with Crippen molar-refractivity contribution in [1.82, 2.24) is 9.97 Å². The maximum Gasteiger partial charge on any atom is 0.214 e. The Hall–Kier alpha value is -1.62. The summed E-state index contributed by atoms with van der Waals surface area (Å²) < 4.78 is 5.05. The Balaban J connectivity index is 1.99. The Kier molecular flexibility index (Phi) is 3.36. The molecule has 0 atom stereocenters. The molecule has 0 fully saturated rings. The van der Waals surface area contributed by atoms with Crippen molar-refractivity contribution >= 4 is 17.2 Å². The van der Waals surface area contributed by atoms with Crippen LogP contribution in [0.1, 0.15) is 10.7 Å². The van der Waals surface area contributed by atoms with Crippen LogP contribution in [0.5, 0.6) is 5.88 Å². The van der Waals surface area contributed by atoms with E-state index in [-0.39, 0.29) is 0 Å². The van der Waals surface area contributed by atoms with Gasteiger partial charge < -0.3 is 10.1 Å². The van der Waals surface area contributed by atoms with Crippen molar-refractivity contribution in [2.24, 2.45) is 0 Å². The zero-order chi connectivity index (χ0) is 11.4. The molecule has 0 aliphatic rings. The highest BCUT2D eigenvalue weighted by Gasteiger charge is 2.00. The number of hydrogen-bond acceptors (Lipinski definition) is 5. The average molecular weight is 235 g/mol. The van der Waals surface area contributed by atoms with Gasteiger partial charge in [-0.05, 0) is 13.0 Å². The van der Waals surface area contributed by atoms with Gasteiger partial charge in [0.2, 0.25) is 5.88 Å². The van der Waals surface area contributed by atoms with E-state index in [0.29, 0.717) is 12.4 Å². The molecular formula is C11H13N3OS. The minimum Gasteiger partial charge on any atom is -0.481 e. The molecule has 0 spiro atoms. The number of ether oxygens (including phenoxy) is 1. The van der Waals surface area contributed by atoms with E-state index >= 15 is 0 Å². The van der Waals surface area contributed by atoms with Crippen LogP contribution in [0.15, 0.2) is 23.6 Å². The summed E-state index contributed by atoms with van der Waals surface area (Å²) in [6.45, 7) is 2.68. The number of methoxy groups -OCH3 is 1. The first kappa shape index (κ1) is 10.9. The quantitative estimate of drug-likeness (QED) is 0.884. The van der Waals surface area contributed by atoms with Crippen LogP contribution in [0.4, 0.5) is 5.82 Å². The number of anilines is 1. The van der Waals surface area contributed by atoms with Gasteiger partial charge in [-0.3, -0.25) is 0 Å². The fraction of sp³-hybridized carbons (Fsp3) is 0.273. The zero-order valence-electron chi connectivity index (χ0n) is 9.23. The van der Waals surface area contributed by atoms with Gasteiger partial charge in [-0.15, -0.1) is 11.3 Å². The van der Waals surface area contributed by atoms with E-state index in [1.54, 1.807) is 18.4 Å². The topological polar surface area (TPSA) is 47.0 Å². The second kappa shape index (κ2) is 4.94. The number of nitrogens with one attached hydrogen (secondary N) is 1. The number of nitrogens with zero attached hydrogens (tertiary/aromatic N) is 2. The van der Waals surface area contributed by atoms with Crippen molar-refractivity contribution in [3.63, 3.8) is 0 Å². The number of aromatic nitrogens is 2. The molecule has 5 heteroatoms. The van der Waals surface area contributed by atoms with Gasteiger partial charge >= 0.3 is 0 Å². The van der Waals surface area contributed by atoms with Gasteiger partial charge in [0.05, 0.1) is 24.4 Å². The van der Waals surface area contributed by atoms with Crippen molar-refractivity contribution in [2.75, 3.05) is 12.4 Å². The maximum atomic E-state index is 5.05. The summed E-state index contributed by atoms with van der Waals surface area (Å²) in [4.78, 5) is 8.62. The molecule has 0 bridgehead atoms. The predicted molar refractivity (Wildman–Crippen MR) is 65.0 cm³/mol. The molecule has 1 N–H and O–H groups in total. The summed E-state index contributed by atoms with van der Waals surface area (Å²) in [5, 5.41) is 6.33. The highest BCUT2D eigenvalue weighted by molar-refractivity contribution is 7.09. The van der Waals surface area contributed by atoms with E-state index in [4.69, 9.17) is 4.74 Å². The van der Waals surface area contributed by atoms with Crippen LogP contribution in [-0.2, 0) is 6.54 Å². The van der Waals surface area contributed by atoms with Crippen molar-refractivity contribution in [3.8, 4) is 5.88 Å². The smallest absolute Gasteiger partial charge is 0.214 e. The molecule has 0 saturated carbocycles. The van der Waals surface area contributed by atoms with E-state index in [9.17, 15) is 0 Å². The van der Waals surface area contributed by atoms with Crippen LogP contribution >= 0.6 is 11.3 Å². The number of aryl methyl sites for hydroxylation is 1. The molecule has 0 radical (unpaired) electrons. The first-order chi connectivity index (χ1) is 7.78. The molecule has 0 aliphatic carbocycles. The lowest BCUT2D eigenvalue weighted by molar-refractivity contribution is 0.398. The average Bonchev–Trinajstić information content (AvgIpc) is 2.73. The molecule has 0 amide bonds. The normalized spacial score (nSPS) is 10.1. The Morgan fingerprint density at radius 3 is 2.94 bits per heavy atom. The molecule has 84 valence electrons. The van der Waals surface area contributed by atoms with Crippen molar-refractivity contribution in [3.05, 3.63) is 34.3 Å². The van der Waals surface area contributed by atoms with E-state index in [1.807, 2.05) is 30.5 Å². The molecule has 0 saturated heterocycles. The highest BCUT2D eigenvalue weighted by atomic mass is 32.1. The van der Waals surface area contributed by atoms with Crippen LogP contribution in [0.3, 0.4) is 0 Å². The number of thiazole rings is 1. The van der Waals surface area contributed by atoms with Gasteiger partial charge in [-0.2, -0.15) is 4.98 Å². The first-order valence-corrected chi connectivity index (χ1v) is 5.82. The van der Waals surface area contributed by atoms with Gasteiger partial charge in [0.25, 0.3) is 0 Å². The third kappa shape index (κ3) is 2.70. The Morgan fingerprint density at radius 2 is 2.25 bits per heavy atom. The zero-order valence-corrected chi connectivity index (χ0v) is 10.0. The van der Waals surface area contributed by atoms with Crippen molar-refractivity contribution < 1.29 is 4.74 Å². The van der Waals surface area contributed by atoms with Crippen LogP contribution in [0.25, 0.3) is 0 Å². The summed E-state index contributed by atoms with van der Waals surface area (Å²) in [5.41, 5.74) is 1.03. The van der Waals surface area contributed by atoms with E-state index in [1.165, 1.54) is 0 Å². The lowest BCUT2D eigenvalue weighted by Crippen LogP contribution is -2.02. The lowest BCUT2D eigenvalue weighted by atomic mass is 10.4. The summed E-state index contributed by atoms with van der Waals surface area (Å²) >= 11 is 1.65. The van der Waals surface area contributed by atoms with Crippen LogP contribution in [0, 0.1) is 6.92 Å². The number of rotatable bonds is 4. The molecule has 2 rings (SSSR count). The molecule has 0 aromatic carbocycles. The fourth-order valence-electron chi connectivity index (χ4n) is 1.30. The fourth-order valence-corrected chi connectivity index (χ4v) is 1.91. The monoisotopic (exact) mass is 235 g/mol. The highest BCUT2D eigenvalue weighted by Crippen LogP contribution is 2.13. The predicted octanol–water partition coefficient (Wildman–Crippen LogP) is 2.47.